The molecule has 0 amide bonds. The van der Waals surface area contributed by atoms with Gasteiger partial charge in [0.05, 0.1) is 16.6 Å². The van der Waals surface area contributed by atoms with Crippen LogP contribution in [0.5, 0.6) is 0 Å². The summed E-state index contributed by atoms with van der Waals surface area (Å²) in [4.78, 5) is 14.6. The number of benzene rings is 1. The van der Waals surface area contributed by atoms with Crippen molar-refractivity contribution < 1.29 is 4.92 Å². The van der Waals surface area contributed by atoms with Crippen LogP contribution in [-0.2, 0) is 0 Å². The first kappa shape index (κ1) is 13.2. The number of nitrogens with zero attached hydrogens (tertiary/aromatic N) is 4. The molecule has 2 aromatic rings. The van der Waals surface area contributed by atoms with Crippen LogP contribution in [0, 0.1) is 28.8 Å². The van der Waals surface area contributed by atoms with Crippen LogP contribution in [0.3, 0.4) is 0 Å². The van der Waals surface area contributed by atoms with Gasteiger partial charge in [0.2, 0.25) is 0 Å². The summed E-state index contributed by atoms with van der Waals surface area (Å²) in [6.07, 6.45) is 1.53. The van der Waals surface area contributed by atoms with Gasteiger partial charge in [0.1, 0.15) is 19.4 Å². The lowest BCUT2D eigenvalue weighted by Crippen LogP contribution is -2.01. The molecule has 0 spiro atoms. The third-order valence-electron chi connectivity index (χ3n) is 2.23. The number of imidazole rings is 1. The summed E-state index contributed by atoms with van der Waals surface area (Å²) in [5, 5.41) is 19.8. The first-order valence-corrected chi connectivity index (χ1v) is 6.77. The van der Waals surface area contributed by atoms with Gasteiger partial charge in [0, 0.05) is 6.07 Å². The van der Waals surface area contributed by atoms with Gasteiger partial charge in [-0.05, 0) is 57.3 Å². The van der Waals surface area contributed by atoms with Gasteiger partial charge in [-0.3, -0.25) is 14.7 Å². The van der Waals surface area contributed by atoms with E-state index in [0.29, 0.717) is 5.69 Å². The number of rotatable bonds is 2. The third-order valence-corrected chi connectivity index (χ3v) is 5.08. The van der Waals surface area contributed by atoms with Crippen LogP contribution < -0.4 is 0 Å². The van der Waals surface area contributed by atoms with E-state index in [1.165, 1.54) is 12.4 Å². The Morgan fingerprint density at radius 1 is 1.44 bits per heavy atom. The van der Waals surface area contributed by atoms with E-state index in [2.05, 4.69) is 50.2 Å². The van der Waals surface area contributed by atoms with Crippen LogP contribution in [0.4, 0.5) is 5.69 Å². The predicted molar refractivity (Wildman–Crippen MR) is 80.4 cm³/mol. The van der Waals surface area contributed by atoms with Crippen LogP contribution in [0.1, 0.15) is 5.56 Å². The monoisotopic (exact) mass is 466 g/mol. The van der Waals surface area contributed by atoms with Crippen LogP contribution in [-0.4, -0.2) is 14.5 Å². The molecular weight excluding hydrogens is 462 g/mol. The Bertz CT molecular complexity index is 675. The molecule has 0 fully saturated rings. The van der Waals surface area contributed by atoms with E-state index in [4.69, 9.17) is 5.26 Å². The van der Waals surface area contributed by atoms with Gasteiger partial charge >= 0.3 is 0 Å². The zero-order chi connectivity index (χ0) is 13.3. The highest BCUT2D eigenvalue weighted by molar-refractivity contribution is 14.1. The molecule has 0 radical (unpaired) electrons. The average Bonchev–Trinajstić information content (AvgIpc) is 2.69. The Morgan fingerprint density at radius 3 is 2.67 bits per heavy atom. The van der Waals surface area contributed by atoms with Crippen LogP contribution in [0.2, 0.25) is 0 Å². The van der Waals surface area contributed by atoms with Gasteiger partial charge in [0.15, 0.2) is 0 Å². The SMILES string of the molecule is N#Cc1ccc(-n2cnc(I)c2I)c([N+](=O)[O-])c1. The van der Waals surface area contributed by atoms with Crippen molar-refractivity contribution in [1.29, 1.82) is 5.26 Å². The highest BCUT2D eigenvalue weighted by Crippen LogP contribution is 2.27. The minimum atomic E-state index is -0.501. The van der Waals surface area contributed by atoms with Crippen LogP contribution in [0.25, 0.3) is 5.69 Å². The second-order valence-electron chi connectivity index (χ2n) is 3.27. The molecule has 0 bridgehead atoms. The quantitative estimate of drug-likeness (QED) is 0.388. The highest BCUT2D eigenvalue weighted by Gasteiger charge is 2.19. The molecule has 0 saturated carbocycles. The van der Waals surface area contributed by atoms with Gasteiger partial charge < -0.3 is 0 Å². The smallest absolute Gasteiger partial charge is 0.287 e. The summed E-state index contributed by atoms with van der Waals surface area (Å²) in [6, 6.07) is 6.25. The fourth-order valence-electron chi connectivity index (χ4n) is 1.42. The van der Waals surface area contributed by atoms with Gasteiger partial charge in [-0.25, -0.2) is 4.98 Å². The maximum atomic E-state index is 11.0. The standard InChI is InChI=1S/C10H4I2N4O2/c11-9-10(12)15(5-14-9)7-2-1-6(4-13)3-8(7)16(17)18/h1-3,5H. The first-order valence-electron chi connectivity index (χ1n) is 4.62. The topological polar surface area (TPSA) is 84.8 Å². The number of nitro benzene ring substituents is 1. The number of aromatic nitrogens is 2. The van der Waals surface area contributed by atoms with Crippen molar-refractivity contribution in [3.05, 3.63) is 47.6 Å². The number of hydrogen-bond acceptors (Lipinski definition) is 4. The van der Waals surface area contributed by atoms with Crippen molar-refractivity contribution in [2.75, 3.05) is 0 Å². The number of nitro groups is 1. The largest absolute Gasteiger partial charge is 0.294 e. The molecule has 1 aromatic carbocycles. The third kappa shape index (κ3) is 2.32. The van der Waals surface area contributed by atoms with Crippen LogP contribution >= 0.6 is 45.2 Å². The van der Waals surface area contributed by atoms with Crippen molar-refractivity contribution >= 4 is 50.9 Å². The summed E-state index contributed by atoms with van der Waals surface area (Å²) in [5.74, 6) is 0. The molecule has 0 unspecified atom stereocenters. The van der Waals surface area contributed by atoms with Gasteiger partial charge in [0.25, 0.3) is 5.69 Å². The first-order chi connectivity index (χ1) is 8.54. The normalized spacial score (nSPS) is 10.1. The molecule has 1 heterocycles. The van der Waals surface area contributed by atoms with E-state index in [1.807, 2.05) is 6.07 Å². The average molecular weight is 466 g/mol. The van der Waals surface area contributed by atoms with E-state index in [0.717, 1.165) is 7.40 Å². The molecule has 1 aromatic heterocycles. The molecule has 90 valence electrons. The molecule has 0 aliphatic rings. The van der Waals surface area contributed by atoms with E-state index in [-0.39, 0.29) is 11.3 Å². The van der Waals surface area contributed by atoms with E-state index < -0.39 is 4.92 Å². The van der Waals surface area contributed by atoms with Gasteiger partial charge in [-0.2, -0.15) is 5.26 Å². The van der Waals surface area contributed by atoms with Crippen molar-refractivity contribution in [2.24, 2.45) is 0 Å². The zero-order valence-electron chi connectivity index (χ0n) is 8.67. The summed E-state index contributed by atoms with van der Waals surface area (Å²) >= 11 is 4.12. The number of halogens is 2. The zero-order valence-corrected chi connectivity index (χ0v) is 13.0. The van der Waals surface area contributed by atoms with E-state index >= 15 is 0 Å². The lowest BCUT2D eigenvalue weighted by molar-refractivity contribution is -0.384. The van der Waals surface area contributed by atoms with Crippen molar-refractivity contribution in [1.82, 2.24) is 9.55 Å². The number of hydrogen-bond donors (Lipinski definition) is 0. The van der Waals surface area contributed by atoms with Gasteiger partial charge in [-0.15, -0.1) is 0 Å². The lowest BCUT2D eigenvalue weighted by Gasteiger charge is -2.05. The Labute approximate surface area is 129 Å². The molecule has 0 atom stereocenters. The maximum absolute atomic E-state index is 11.0. The Kier molecular flexibility index (Phi) is 3.81. The van der Waals surface area contributed by atoms with Crippen molar-refractivity contribution in [3.63, 3.8) is 0 Å². The fourth-order valence-corrected chi connectivity index (χ4v) is 2.33. The molecular formula is C10H4I2N4O2. The fraction of sp³-hybridized carbons (Fsp3) is 0. The number of nitriles is 1. The second kappa shape index (κ2) is 5.19. The lowest BCUT2D eigenvalue weighted by atomic mass is 10.2. The van der Waals surface area contributed by atoms with Crippen molar-refractivity contribution in [3.8, 4) is 11.8 Å². The predicted octanol–water partition coefficient (Wildman–Crippen LogP) is 2.86. The highest BCUT2D eigenvalue weighted by atomic mass is 127. The minimum absolute atomic E-state index is 0.110. The molecule has 2 rings (SSSR count). The maximum Gasteiger partial charge on any atom is 0.294 e. The molecule has 6 nitrogen and oxygen atoms in total. The van der Waals surface area contributed by atoms with Crippen LogP contribution in [0.15, 0.2) is 24.5 Å². The van der Waals surface area contributed by atoms with Crippen molar-refractivity contribution in [2.45, 2.75) is 0 Å². The summed E-state index contributed by atoms with van der Waals surface area (Å²) < 4.78 is 3.19. The Hall–Kier alpha value is -1.22. The molecule has 0 saturated heterocycles. The molecule has 0 aliphatic heterocycles. The second-order valence-corrected chi connectivity index (χ2v) is 5.31. The molecule has 0 N–H and O–H groups in total. The molecule has 0 aliphatic carbocycles. The Balaban J connectivity index is 2.68. The summed E-state index contributed by atoms with van der Waals surface area (Å²) in [7, 11) is 0. The Morgan fingerprint density at radius 2 is 2.17 bits per heavy atom. The van der Waals surface area contributed by atoms with Gasteiger partial charge in [-0.1, -0.05) is 0 Å². The summed E-state index contributed by atoms with van der Waals surface area (Å²) in [6.45, 7) is 0. The molecule has 18 heavy (non-hydrogen) atoms. The minimum Gasteiger partial charge on any atom is -0.287 e. The molecule has 8 heteroatoms. The summed E-state index contributed by atoms with van der Waals surface area (Å²) in [5.41, 5.74) is 0.551. The van der Waals surface area contributed by atoms with E-state index in [9.17, 15) is 10.1 Å². The van der Waals surface area contributed by atoms with E-state index in [1.54, 1.807) is 16.7 Å².